The lowest BCUT2D eigenvalue weighted by molar-refractivity contribution is 0.104. The van der Waals surface area contributed by atoms with Crippen molar-refractivity contribution < 1.29 is 23.7 Å². The quantitative estimate of drug-likeness (QED) is 0.342. The third kappa shape index (κ3) is 3.70. The molecule has 4 aromatic rings. The first kappa shape index (κ1) is 20.8. The normalized spacial score (nSPS) is 10.7. The van der Waals surface area contributed by atoms with Gasteiger partial charge in [0.05, 0.1) is 33.3 Å². The molecule has 0 saturated carbocycles. The summed E-state index contributed by atoms with van der Waals surface area (Å²) in [5, 5.41) is 0.999. The summed E-state index contributed by atoms with van der Waals surface area (Å²) in [6.07, 6.45) is 0. The molecule has 0 aliphatic carbocycles. The molecule has 4 rings (SSSR count). The van der Waals surface area contributed by atoms with Gasteiger partial charge in [-0.15, -0.1) is 11.3 Å². The molecular formula is C25H22O5S. The molecule has 0 N–H and O–H groups in total. The summed E-state index contributed by atoms with van der Waals surface area (Å²) < 4.78 is 22.8. The van der Waals surface area contributed by atoms with Crippen molar-refractivity contribution >= 4 is 27.2 Å². The van der Waals surface area contributed by atoms with E-state index in [1.165, 1.54) is 11.3 Å². The topological polar surface area (TPSA) is 54.0 Å². The number of rotatable bonds is 7. The number of ketones is 1. The molecule has 158 valence electrons. The fraction of sp³-hybridized carbons (Fsp3) is 0.160. The van der Waals surface area contributed by atoms with Crippen LogP contribution in [0.5, 0.6) is 23.0 Å². The molecule has 6 heteroatoms. The molecule has 3 aromatic carbocycles. The number of hydrogen-bond donors (Lipinski definition) is 0. The largest absolute Gasteiger partial charge is 0.497 e. The third-order valence-electron chi connectivity index (χ3n) is 5.11. The first-order chi connectivity index (χ1) is 15.1. The van der Waals surface area contributed by atoms with E-state index in [4.69, 9.17) is 18.9 Å². The van der Waals surface area contributed by atoms with E-state index in [1.807, 2.05) is 36.4 Å². The number of thiophene rings is 1. The number of methoxy groups -OCH3 is 4. The Balaban J connectivity index is 1.95. The number of hydrogen-bond acceptors (Lipinski definition) is 6. The Morgan fingerprint density at radius 3 is 2.00 bits per heavy atom. The van der Waals surface area contributed by atoms with Gasteiger partial charge in [0.2, 0.25) is 11.5 Å². The highest BCUT2D eigenvalue weighted by atomic mass is 32.1. The fourth-order valence-electron chi connectivity index (χ4n) is 3.59. The molecule has 0 amide bonds. The summed E-state index contributed by atoms with van der Waals surface area (Å²) in [6, 6.07) is 18.9. The molecule has 31 heavy (non-hydrogen) atoms. The van der Waals surface area contributed by atoms with Gasteiger partial charge in [0, 0.05) is 21.2 Å². The second-order valence-electron chi connectivity index (χ2n) is 6.77. The summed E-state index contributed by atoms with van der Waals surface area (Å²) >= 11 is 1.47. The standard InChI is InChI=1S/C25H22O5S/c1-27-17-11-9-15(10-12-17)23(26)25-22(18-7-5-6-8-21(18)31-25)16-13-19(28-2)24(30-4)20(14-16)29-3/h5-14H,1-4H3. The monoisotopic (exact) mass is 434 g/mol. The lowest BCUT2D eigenvalue weighted by Gasteiger charge is -2.15. The van der Waals surface area contributed by atoms with Crippen molar-refractivity contribution in [3.8, 4) is 34.1 Å². The Kier molecular flexibility index (Phi) is 5.82. The van der Waals surface area contributed by atoms with Crippen LogP contribution in [0.25, 0.3) is 21.2 Å². The van der Waals surface area contributed by atoms with Crippen molar-refractivity contribution in [3.63, 3.8) is 0 Å². The van der Waals surface area contributed by atoms with Crippen LogP contribution in [-0.2, 0) is 0 Å². The molecule has 0 aliphatic heterocycles. The van der Waals surface area contributed by atoms with Crippen LogP contribution in [0.15, 0.2) is 60.7 Å². The van der Waals surface area contributed by atoms with E-state index >= 15 is 0 Å². The smallest absolute Gasteiger partial charge is 0.203 e. The first-order valence-electron chi connectivity index (χ1n) is 9.62. The van der Waals surface area contributed by atoms with Gasteiger partial charge in [-0.05, 0) is 48.0 Å². The van der Waals surface area contributed by atoms with Gasteiger partial charge in [-0.25, -0.2) is 0 Å². The van der Waals surface area contributed by atoms with E-state index in [-0.39, 0.29) is 5.78 Å². The van der Waals surface area contributed by atoms with Gasteiger partial charge in [0.15, 0.2) is 11.5 Å². The summed E-state index contributed by atoms with van der Waals surface area (Å²) in [4.78, 5) is 14.2. The van der Waals surface area contributed by atoms with E-state index in [1.54, 1.807) is 52.7 Å². The zero-order valence-electron chi connectivity index (χ0n) is 17.7. The van der Waals surface area contributed by atoms with E-state index in [9.17, 15) is 4.79 Å². The van der Waals surface area contributed by atoms with Gasteiger partial charge < -0.3 is 18.9 Å². The highest BCUT2D eigenvalue weighted by Crippen LogP contribution is 2.46. The average Bonchev–Trinajstić information content (AvgIpc) is 3.22. The Bertz CT molecular complexity index is 1220. The van der Waals surface area contributed by atoms with Gasteiger partial charge in [-0.3, -0.25) is 4.79 Å². The first-order valence-corrected chi connectivity index (χ1v) is 10.4. The van der Waals surface area contributed by atoms with Gasteiger partial charge in [-0.1, -0.05) is 18.2 Å². The van der Waals surface area contributed by atoms with Crippen molar-refractivity contribution in [2.24, 2.45) is 0 Å². The molecule has 1 aromatic heterocycles. The second-order valence-corrected chi connectivity index (χ2v) is 7.83. The number of benzene rings is 3. The summed E-state index contributed by atoms with van der Waals surface area (Å²) in [5.41, 5.74) is 2.27. The lowest BCUT2D eigenvalue weighted by atomic mass is 9.97. The number of carbonyl (C=O) groups is 1. The average molecular weight is 435 g/mol. The molecule has 0 unspecified atom stereocenters. The number of ether oxygens (including phenoxy) is 4. The van der Waals surface area contributed by atoms with Crippen LogP contribution in [-0.4, -0.2) is 34.2 Å². The molecule has 0 aliphatic rings. The van der Waals surface area contributed by atoms with Crippen LogP contribution in [0.1, 0.15) is 15.2 Å². The minimum Gasteiger partial charge on any atom is -0.497 e. The van der Waals surface area contributed by atoms with Gasteiger partial charge in [0.1, 0.15) is 5.75 Å². The second kappa shape index (κ2) is 8.70. The van der Waals surface area contributed by atoms with Crippen molar-refractivity contribution in [1.29, 1.82) is 0 Å². The third-order valence-corrected chi connectivity index (χ3v) is 6.28. The number of fused-ring (bicyclic) bond motifs is 1. The molecule has 0 radical (unpaired) electrons. The van der Waals surface area contributed by atoms with Crippen LogP contribution in [0, 0.1) is 0 Å². The molecule has 1 heterocycles. The predicted molar refractivity (Wildman–Crippen MR) is 123 cm³/mol. The maximum absolute atomic E-state index is 13.5. The lowest BCUT2D eigenvalue weighted by Crippen LogP contribution is -2.01. The SMILES string of the molecule is COc1ccc(C(=O)c2sc3ccccc3c2-c2cc(OC)c(OC)c(OC)c2)cc1. The fourth-order valence-corrected chi connectivity index (χ4v) is 4.78. The van der Waals surface area contributed by atoms with Crippen LogP contribution in [0.3, 0.4) is 0 Å². The van der Waals surface area contributed by atoms with Gasteiger partial charge in [0.25, 0.3) is 0 Å². The zero-order chi connectivity index (χ0) is 22.0. The minimum atomic E-state index is -0.0485. The Morgan fingerprint density at radius 2 is 1.42 bits per heavy atom. The molecular weight excluding hydrogens is 412 g/mol. The Morgan fingerprint density at radius 1 is 0.774 bits per heavy atom. The molecule has 0 spiro atoms. The van der Waals surface area contributed by atoms with Crippen LogP contribution < -0.4 is 18.9 Å². The summed E-state index contributed by atoms with van der Waals surface area (Å²) in [7, 11) is 6.33. The Hall–Kier alpha value is -3.51. The number of carbonyl (C=O) groups excluding carboxylic acids is 1. The van der Waals surface area contributed by atoms with E-state index in [2.05, 4.69) is 0 Å². The summed E-state index contributed by atoms with van der Waals surface area (Å²) in [5.74, 6) is 2.24. The van der Waals surface area contributed by atoms with Crippen molar-refractivity contribution in [1.82, 2.24) is 0 Å². The molecule has 0 saturated heterocycles. The van der Waals surface area contributed by atoms with Crippen LogP contribution >= 0.6 is 11.3 Å². The highest BCUT2D eigenvalue weighted by molar-refractivity contribution is 7.21. The van der Waals surface area contributed by atoms with Crippen molar-refractivity contribution in [2.75, 3.05) is 28.4 Å². The highest BCUT2D eigenvalue weighted by Gasteiger charge is 2.23. The van der Waals surface area contributed by atoms with E-state index in [0.717, 1.165) is 21.2 Å². The maximum Gasteiger partial charge on any atom is 0.203 e. The predicted octanol–water partition coefficient (Wildman–Crippen LogP) is 5.83. The maximum atomic E-state index is 13.5. The van der Waals surface area contributed by atoms with Gasteiger partial charge >= 0.3 is 0 Å². The zero-order valence-corrected chi connectivity index (χ0v) is 18.5. The van der Waals surface area contributed by atoms with Gasteiger partial charge in [-0.2, -0.15) is 0 Å². The molecule has 0 atom stereocenters. The molecule has 0 fully saturated rings. The Labute approximate surface area is 184 Å². The summed E-state index contributed by atoms with van der Waals surface area (Å²) in [6.45, 7) is 0. The van der Waals surface area contributed by atoms with Crippen molar-refractivity contribution in [3.05, 3.63) is 71.1 Å². The molecule has 5 nitrogen and oxygen atoms in total. The van der Waals surface area contributed by atoms with E-state index in [0.29, 0.717) is 33.4 Å². The molecule has 0 bridgehead atoms. The van der Waals surface area contributed by atoms with Crippen LogP contribution in [0.4, 0.5) is 0 Å². The van der Waals surface area contributed by atoms with Crippen LogP contribution in [0.2, 0.25) is 0 Å². The van der Waals surface area contributed by atoms with E-state index < -0.39 is 0 Å². The minimum absolute atomic E-state index is 0.0485. The van der Waals surface area contributed by atoms with Crippen molar-refractivity contribution in [2.45, 2.75) is 0 Å².